The fourth-order valence-corrected chi connectivity index (χ4v) is 2.05. The van der Waals surface area contributed by atoms with Crippen LogP contribution < -0.4 is 5.32 Å². The van der Waals surface area contributed by atoms with Crippen molar-refractivity contribution in [3.8, 4) is 0 Å². The molecule has 0 radical (unpaired) electrons. The zero-order valence-electron chi connectivity index (χ0n) is 11.9. The number of carbonyl (C=O) groups excluding carboxylic acids is 1. The van der Waals surface area contributed by atoms with E-state index in [4.69, 9.17) is 0 Å². The lowest BCUT2D eigenvalue weighted by molar-refractivity contribution is -0.122. The van der Waals surface area contributed by atoms with Crippen LogP contribution in [0, 0.1) is 6.92 Å². The molecule has 6 heteroatoms. The van der Waals surface area contributed by atoms with E-state index in [-0.39, 0.29) is 24.2 Å². The summed E-state index contributed by atoms with van der Waals surface area (Å²) in [7, 11) is 0. The number of benzene rings is 1. The highest BCUT2D eigenvalue weighted by molar-refractivity contribution is 5.76. The van der Waals surface area contributed by atoms with Gasteiger partial charge in [0.2, 0.25) is 5.91 Å². The second-order valence-corrected chi connectivity index (χ2v) is 4.87. The Morgan fingerprint density at radius 1 is 1.33 bits per heavy atom. The molecule has 0 fully saturated rings. The lowest BCUT2D eigenvalue weighted by Crippen LogP contribution is -2.30. The van der Waals surface area contributed by atoms with Gasteiger partial charge in [0.25, 0.3) is 6.43 Å². The molecule has 0 saturated heterocycles. The number of halogens is 2. The van der Waals surface area contributed by atoms with Crippen molar-refractivity contribution in [3.63, 3.8) is 0 Å². The lowest BCUT2D eigenvalue weighted by atomic mass is 10.1. The number of aryl methyl sites for hydroxylation is 1. The predicted molar refractivity (Wildman–Crippen MR) is 74.9 cm³/mol. The summed E-state index contributed by atoms with van der Waals surface area (Å²) in [5.74, 6) is -0.265. The monoisotopic (exact) mass is 293 g/mol. The van der Waals surface area contributed by atoms with Crippen molar-refractivity contribution in [2.75, 3.05) is 0 Å². The van der Waals surface area contributed by atoms with Gasteiger partial charge in [-0.05, 0) is 25.5 Å². The second-order valence-electron chi connectivity index (χ2n) is 4.87. The van der Waals surface area contributed by atoms with Gasteiger partial charge >= 0.3 is 0 Å². The average Bonchev–Trinajstić information content (AvgIpc) is 2.81. The van der Waals surface area contributed by atoms with E-state index in [0.717, 1.165) is 5.56 Å². The molecule has 4 nitrogen and oxygen atoms in total. The number of nitrogens with zero attached hydrogens (tertiary/aromatic N) is 2. The van der Waals surface area contributed by atoms with E-state index < -0.39 is 6.43 Å². The van der Waals surface area contributed by atoms with Gasteiger partial charge in [-0.3, -0.25) is 9.48 Å². The molecule has 1 unspecified atom stereocenters. The van der Waals surface area contributed by atoms with Gasteiger partial charge in [0, 0.05) is 5.69 Å². The molecular weight excluding hydrogens is 276 g/mol. The summed E-state index contributed by atoms with van der Waals surface area (Å²) in [6, 6.07) is 10.7. The first-order chi connectivity index (χ1) is 9.97. The molecule has 1 amide bonds. The third kappa shape index (κ3) is 3.87. The molecule has 0 spiro atoms. The van der Waals surface area contributed by atoms with Gasteiger partial charge in [0.1, 0.15) is 12.2 Å². The Balaban J connectivity index is 1.99. The summed E-state index contributed by atoms with van der Waals surface area (Å²) >= 11 is 0. The number of nitrogens with one attached hydrogen (secondary N) is 1. The van der Waals surface area contributed by atoms with E-state index in [2.05, 4.69) is 10.4 Å². The van der Waals surface area contributed by atoms with Crippen LogP contribution in [0.2, 0.25) is 0 Å². The number of rotatable bonds is 5. The topological polar surface area (TPSA) is 46.9 Å². The van der Waals surface area contributed by atoms with Gasteiger partial charge in [-0.25, -0.2) is 8.78 Å². The Labute approximate surface area is 121 Å². The van der Waals surface area contributed by atoms with Crippen molar-refractivity contribution in [2.45, 2.75) is 32.9 Å². The van der Waals surface area contributed by atoms with Crippen molar-refractivity contribution in [3.05, 3.63) is 53.3 Å². The van der Waals surface area contributed by atoms with Crippen LogP contribution >= 0.6 is 0 Å². The Morgan fingerprint density at radius 2 is 2.00 bits per heavy atom. The number of alkyl halides is 2. The third-order valence-corrected chi connectivity index (χ3v) is 3.19. The highest BCUT2D eigenvalue weighted by atomic mass is 19.3. The molecule has 1 aromatic heterocycles. The summed E-state index contributed by atoms with van der Waals surface area (Å²) in [6.45, 7) is 3.44. The summed E-state index contributed by atoms with van der Waals surface area (Å²) in [6.07, 6.45) is -2.63. The molecule has 2 rings (SSSR count). The Hall–Kier alpha value is -2.24. The van der Waals surface area contributed by atoms with E-state index in [0.29, 0.717) is 5.69 Å². The molecule has 21 heavy (non-hydrogen) atoms. The van der Waals surface area contributed by atoms with E-state index in [9.17, 15) is 13.6 Å². The van der Waals surface area contributed by atoms with Crippen LogP contribution in [0.1, 0.15) is 36.3 Å². The van der Waals surface area contributed by atoms with Gasteiger partial charge in [0.05, 0.1) is 6.04 Å². The van der Waals surface area contributed by atoms with Crippen LogP contribution in [0.3, 0.4) is 0 Å². The minimum Gasteiger partial charge on any atom is -0.348 e. The largest absolute Gasteiger partial charge is 0.348 e. The molecule has 1 aromatic carbocycles. The molecule has 0 aliphatic carbocycles. The summed E-state index contributed by atoms with van der Waals surface area (Å²) in [4.78, 5) is 12.0. The molecule has 0 aliphatic heterocycles. The van der Waals surface area contributed by atoms with Crippen molar-refractivity contribution in [2.24, 2.45) is 0 Å². The van der Waals surface area contributed by atoms with Crippen molar-refractivity contribution in [1.82, 2.24) is 15.1 Å². The SMILES string of the molecule is Cc1cc(C(F)F)nn1CC(=O)NC(C)c1ccccc1. The van der Waals surface area contributed by atoms with Crippen molar-refractivity contribution in [1.29, 1.82) is 0 Å². The van der Waals surface area contributed by atoms with Gasteiger partial charge in [0.15, 0.2) is 0 Å². The lowest BCUT2D eigenvalue weighted by Gasteiger charge is -2.14. The molecule has 112 valence electrons. The molecule has 2 aromatic rings. The minimum atomic E-state index is -2.63. The molecule has 1 heterocycles. The van der Waals surface area contributed by atoms with Crippen LogP contribution in [0.4, 0.5) is 8.78 Å². The summed E-state index contributed by atoms with van der Waals surface area (Å²) < 4.78 is 26.4. The van der Waals surface area contributed by atoms with Crippen LogP contribution in [0.5, 0.6) is 0 Å². The summed E-state index contributed by atoms with van der Waals surface area (Å²) in [5, 5.41) is 6.56. The standard InChI is InChI=1S/C15H17F2N3O/c1-10-8-13(15(16)17)19-20(10)9-14(21)18-11(2)12-6-4-3-5-7-12/h3-8,11,15H,9H2,1-2H3,(H,18,21). The first-order valence-corrected chi connectivity index (χ1v) is 6.64. The van der Waals surface area contributed by atoms with Gasteiger partial charge in [-0.1, -0.05) is 30.3 Å². The number of aromatic nitrogens is 2. The van der Waals surface area contributed by atoms with Gasteiger partial charge in [-0.15, -0.1) is 0 Å². The summed E-state index contributed by atoms with van der Waals surface area (Å²) in [5.41, 5.74) is 1.21. The smallest absolute Gasteiger partial charge is 0.282 e. The van der Waals surface area contributed by atoms with Crippen LogP contribution in [0.15, 0.2) is 36.4 Å². The number of amides is 1. The van der Waals surface area contributed by atoms with Gasteiger partial charge < -0.3 is 5.32 Å². The maximum atomic E-state index is 12.6. The Kier molecular flexibility index (Phi) is 4.67. The minimum absolute atomic E-state index is 0.0737. The molecule has 1 N–H and O–H groups in total. The molecule has 0 aliphatic rings. The molecule has 0 bridgehead atoms. The Morgan fingerprint density at radius 3 is 2.57 bits per heavy atom. The normalized spacial score (nSPS) is 12.4. The molecule has 1 atom stereocenters. The highest BCUT2D eigenvalue weighted by Gasteiger charge is 2.16. The molecule has 0 saturated carbocycles. The number of hydrogen-bond donors (Lipinski definition) is 1. The quantitative estimate of drug-likeness (QED) is 0.921. The predicted octanol–water partition coefficient (Wildman–Crippen LogP) is 3.01. The maximum absolute atomic E-state index is 12.6. The fraction of sp³-hybridized carbons (Fsp3) is 0.333. The van der Waals surface area contributed by atoms with E-state index in [1.54, 1.807) is 6.92 Å². The van der Waals surface area contributed by atoms with Crippen LogP contribution in [-0.4, -0.2) is 15.7 Å². The zero-order chi connectivity index (χ0) is 15.4. The third-order valence-electron chi connectivity index (χ3n) is 3.19. The first kappa shape index (κ1) is 15.2. The van der Waals surface area contributed by atoms with E-state index >= 15 is 0 Å². The zero-order valence-corrected chi connectivity index (χ0v) is 11.9. The fourth-order valence-electron chi connectivity index (χ4n) is 2.05. The first-order valence-electron chi connectivity index (χ1n) is 6.64. The maximum Gasteiger partial charge on any atom is 0.282 e. The van der Waals surface area contributed by atoms with Crippen molar-refractivity contribution >= 4 is 5.91 Å². The second kappa shape index (κ2) is 6.47. The van der Waals surface area contributed by atoms with Crippen LogP contribution in [-0.2, 0) is 11.3 Å². The number of hydrogen-bond acceptors (Lipinski definition) is 2. The average molecular weight is 293 g/mol. The van der Waals surface area contributed by atoms with E-state index in [1.807, 2.05) is 37.3 Å². The molecular formula is C15H17F2N3O. The van der Waals surface area contributed by atoms with Gasteiger partial charge in [-0.2, -0.15) is 5.10 Å². The number of carbonyl (C=O) groups is 1. The Bertz CT molecular complexity index is 611. The van der Waals surface area contributed by atoms with Crippen molar-refractivity contribution < 1.29 is 13.6 Å². The van der Waals surface area contributed by atoms with E-state index in [1.165, 1.54) is 10.7 Å². The highest BCUT2D eigenvalue weighted by Crippen LogP contribution is 2.18. The van der Waals surface area contributed by atoms with Crippen LogP contribution in [0.25, 0.3) is 0 Å².